The number of ether oxygens (including phenoxy) is 1. The Morgan fingerprint density at radius 1 is 1.00 bits per heavy atom. The first kappa shape index (κ1) is 12.6. The van der Waals surface area contributed by atoms with Crippen LogP contribution in [0.25, 0.3) is 22.2 Å². The van der Waals surface area contributed by atoms with Gasteiger partial charge in [-0.25, -0.2) is 9.97 Å². The Kier molecular flexibility index (Phi) is 3.31. The number of hydrogen-bond acceptors (Lipinski definition) is 4. The van der Waals surface area contributed by atoms with Gasteiger partial charge in [-0.1, -0.05) is 36.4 Å². The summed E-state index contributed by atoms with van der Waals surface area (Å²) in [6.45, 7) is 0.424. The van der Waals surface area contributed by atoms with Gasteiger partial charge in [-0.3, -0.25) is 0 Å². The number of hydrogen-bond donors (Lipinski definition) is 1. The quantitative estimate of drug-likeness (QED) is 0.790. The number of benzene rings is 2. The summed E-state index contributed by atoms with van der Waals surface area (Å²) in [5.74, 6) is 1.08. The Balaban J connectivity index is 2.10. The fraction of sp³-hybridized carbons (Fsp3) is 0.125. The van der Waals surface area contributed by atoms with Crippen molar-refractivity contribution in [2.24, 2.45) is 0 Å². The molecule has 0 bridgehead atoms. The molecule has 0 atom stereocenters. The molecule has 0 spiro atoms. The van der Waals surface area contributed by atoms with E-state index in [1.165, 1.54) is 5.39 Å². The van der Waals surface area contributed by atoms with Gasteiger partial charge < -0.3 is 10.5 Å². The molecule has 100 valence electrons. The molecule has 0 fully saturated rings. The van der Waals surface area contributed by atoms with E-state index in [0.29, 0.717) is 18.2 Å². The van der Waals surface area contributed by atoms with E-state index >= 15 is 0 Å². The number of fused-ring (bicyclic) bond motifs is 1. The van der Waals surface area contributed by atoms with Gasteiger partial charge in [-0.15, -0.1) is 0 Å². The van der Waals surface area contributed by atoms with Crippen molar-refractivity contribution in [2.75, 3.05) is 12.8 Å². The Hall–Kier alpha value is -2.46. The summed E-state index contributed by atoms with van der Waals surface area (Å²) in [5.41, 5.74) is 7.57. The maximum atomic E-state index is 5.83. The van der Waals surface area contributed by atoms with Crippen LogP contribution in [0.4, 0.5) is 5.82 Å². The summed E-state index contributed by atoms with van der Waals surface area (Å²) in [6, 6.07) is 16.1. The molecule has 0 aliphatic heterocycles. The van der Waals surface area contributed by atoms with E-state index < -0.39 is 0 Å². The van der Waals surface area contributed by atoms with E-state index in [4.69, 9.17) is 10.5 Å². The second-order valence-electron chi connectivity index (χ2n) is 4.60. The van der Waals surface area contributed by atoms with Crippen molar-refractivity contribution >= 4 is 16.6 Å². The average molecular weight is 265 g/mol. The van der Waals surface area contributed by atoms with E-state index in [1.54, 1.807) is 13.2 Å². The van der Waals surface area contributed by atoms with E-state index in [2.05, 4.69) is 34.2 Å². The molecular weight excluding hydrogens is 250 g/mol. The fourth-order valence-electron chi connectivity index (χ4n) is 2.20. The Morgan fingerprint density at radius 3 is 2.60 bits per heavy atom. The Bertz CT molecular complexity index is 756. The zero-order chi connectivity index (χ0) is 13.9. The molecule has 0 aliphatic carbocycles. The van der Waals surface area contributed by atoms with Crippen LogP contribution in [0.5, 0.6) is 0 Å². The van der Waals surface area contributed by atoms with Gasteiger partial charge in [0.05, 0.1) is 12.3 Å². The second kappa shape index (κ2) is 5.27. The van der Waals surface area contributed by atoms with E-state index in [1.807, 2.05) is 18.2 Å². The number of methoxy groups -OCH3 is 1. The molecule has 2 aromatic carbocycles. The topological polar surface area (TPSA) is 61.0 Å². The average Bonchev–Trinajstić information content (AvgIpc) is 2.46. The predicted octanol–water partition coefficient (Wildman–Crippen LogP) is 3.03. The summed E-state index contributed by atoms with van der Waals surface area (Å²) in [5, 5.41) is 2.35. The van der Waals surface area contributed by atoms with Crippen LogP contribution in [-0.2, 0) is 11.3 Å². The molecule has 1 aromatic heterocycles. The highest BCUT2D eigenvalue weighted by atomic mass is 16.5. The van der Waals surface area contributed by atoms with Crippen LogP contribution < -0.4 is 5.73 Å². The van der Waals surface area contributed by atoms with Crippen molar-refractivity contribution in [1.82, 2.24) is 9.97 Å². The third-order valence-electron chi connectivity index (χ3n) is 3.10. The van der Waals surface area contributed by atoms with Crippen molar-refractivity contribution in [2.45, 2.75) is 6.61 Å². The molecule has 0 amide bonds. The lowest BCUT2D eigenvalue weighted by molar-refractivity contribution is 0.181. The molecule has 3 rings (SSSR count). The summed E-state index contributed by atoms with van der Waals surface area (Å²) < 4.78 is 5.10. The molecule has 0 saturated heterocycles. The van der Waals surface area contributed by atoms with Crippen molar-refractivity contribution in [3.8, 4) is 11.4 Å². The van der Waals surface area contributed by atoms with Crippen molar-refractivity contribution < 1.29 is 4.74 Å². The van der Waals surface area contributed by atoms with Crippen LogP contribution in [-0.4, -0.2) is 17.1 Å². The van der Waals surface area contributed by atoms with Gasteiger partial charge in [-0.05, 0) is 16.8 Å². The van der Waals surface area contributed by atoms with Gasteiger partial charge in [0, 0.05) is 18.7 Å². The summed E-state index contributed by atoms with van der Waals surface area (Å²) in [4.78, 5) is 8.79. The van der Waals surface area contributed by atoms with Crippen molar-refractivity contribution in [3.63, 3.8) is 0 Å². The number of nitrogens with zero attached hydrogens (tertiary/aromatic N) is 2. The van der Waals surface area contributed by atoms with Crippen molar-refractivity contribution in [1.29, 1.82) is 0 Å². The highest BCUT2D eigenvalue weighted by Crippen LogP contribution is 2.22. The third-order valence-corrected chi connectivity index (χ3v) is 3.10. The predicted molar refractivity (Wildman–Crippen MR) is 80.1 cm³/mol. The molecule has 3 aromatic rings. The normalized spacial score (nSPS) is 10.8. The first-order chi connectivity index (χ1) is 9.76. The van der Waals surface area contributed by atoms with Gasteiger partial charge in [0.25, 0.3) is 0 Å². The highest BCUT2D eigenvalue weighted by Gasteiger charge is 2.06. The molecule has 0 unspecified atom stereocenters. The molecular formula is C16H15N3O. The molecule has 2 N–H and O–H groups in total. The van der Waals surface area contributed by atoms with Crippen LogP contribution in [0.3, 0.4) is 0 Å². The number of aromatic nitrogens is 2. The van der Waals surface area contributed by atoms with Crippen LogP contribution in [0.2, 0.25) is 0 Å². The number of nitrogen functional groups attached to an aromatic ring is 1. The first-order valence-corrected chi connectivity index (χ1v) is 6.38. The molecule has 4 nitrogen and oxygen atoms in total. The van der Waals surface area contributed by atoms with Gasteiger partial charge in [0.15, 0.2) is 5.82 Å². The minimum atomic E-state index is 0.424. The Labute approximate surface area is 117 Å². The number of nitrogens with two attached hydrogens (primary N) is 1. The molecule has 4 heteroatoms. The van der Waals surface area contributed by atoms with Crippen LogP contribution >= 0.6 is 0 Å². The number of rotatable bonds is 3. The summed E-state index contributed by atoms with van der Waals surface area (Å²) in [6.07, 6.45) is 0. The Morgan fingerprint density at radius 2 is 1.80 bits per heavy atom. The molecule has 0 saturated carbocycles. The second-order valence-corrected chi connectivity index (χ2v) is 4.60. The van der Waals surface area contributed by atoms with E-state index in [9.17, 15) is 0 Å². The summed E-state index contributed by atoms with van der Waals surface area (Å²) in [7, 11) is 1.63. The highest BCUT2D eigenvalue weighted by molar-refractivity contribution is 5.86. The van der Waals surface area contributed by atoms with Crippen LogP contribution in [0, 0.1) is 0 Å². The zero-order valence-electron chi connectivity index (χ0n) is 11.2. The maximum absolute atomic E-state index is 5.83. The lowest BCUT2D eigenvalue weighted by Gasteiger charge is -2.06. The zero-order valence-corrected chi connectivity index (χ0v) is 11.2. The SMILES string of the molecule is COCc1cc(N)nc(-c2ccc3ccccc3c2)n1. The minimum Gasteiger partial charge on any atom is -0.384 e. The third kappa shape index (κ3) is 2.46. The van der Waals surface area contributed by atoms with Gasteiger partial charge in [-0.2, -0.15) is 0 Å². The fourth-order valence-corrected chi connectivity index (χ4v) is 2.20. The monoisotopic (exact) mass is 265 g/mol. The van der Waals surface area contributed by atoms with Gasteiger partial charge >= 0.3 is 0 Å². The lowest BCUT2D eigenvalue weighted by atomic mass is 10.1. The van der Waals surface area contributed by atoms with Gasteiger partial charge in [0.2, 0.25) is 0 Å². The standard InChI is InChI=1S/C16H15N3O/c1-20-10-14-9-15(17)19-16(18-14)13-7-6-11-4-2-3-5-12(11)8-13/h2-9H,10H2,1H3,(H2,17,18,19). The number of anilines is 1. The van der Waals surface area contributed by atoms with Crippen molar-refractivity contribution in [3.05, 3.63) is 54.2 Å². The molecule has 0 radical (unpaired) electrons. The van der Waals surface area contributed by atoms with Crippen LogP contribution in [0.15, 0.2) is 48.5 Å². The summed E-state index contributed by atoms with van der Waals surface area (Å²) >= 11 is 0. The molecule has 1 heterocycles. The molecule has 20 heavy (non-hydrogen) atoms. The van der Waals surface area contributed by atoms with E-state index in [0.717, 1.165) is 16.6 Å². The lowest BCUT2D eigenvalue weighted by Crippen LogP contribution is -2.01. The molecule has 0 aliphatic rings. The largest absolute Gasteiger partial charge is 0.384 e. The van der Waals surface area contributed by atoms with Gasteiger partial charge in [0.1, 0.15) is 5.82 Å². The van der Waals surface area contributed by atoms with Crippen LogP contribution in [0.1, 0.15) is 5.69 Å². The van der Waals surface area contributed by atoms with E-state index in [-0.39, 0.29) is 0 Å². The minimum absolute atomic E-state index is 0.424. The first-order valence-electron chi connectivity index (χ1n) is 6.38. The smallest absolute Gasteiger partial charge is 0.161 e. The maximum Gasteiger partial charge on any atom is 0.161 e.